The van der Waals surface area contributed by atoms with E-state index in [2.05, 4.69) is 48.7 Å². The highest BCUT2D eigenvalue weighted by molar-refractivity contribution is 5.77. The van der Waals surface area contributed by atoms with Gasteiger partial charge in [-0.2, -0.15) is 0 Å². The largest absolute Gasteiger partial charge is 0.353 e. The molecule has 0 aliphatic heterocycles. The molecule has 2 nitrogen and oxygen atoms in total. The lowest BCUT2D eigenvalue weighted by Crippen LogP contribution is -2.24. The van der Waals surface area contributed by atoms with Crippen molar-refractivity contribution in [1.82, 2.24) is 5.32 Å². The van der Waals surface area contributed by atoms with Crippen LogP contribution in [0.25, 0.3) is 0 Å². The average Bonchev–Trinajstić information content (AvgIpc) is 2.56. The predicted octanol–water partition coefficient (Wildman–Crippen LogP) is 5.44. The molecule has 23 heavy (non-hydrogen) atoms. The van der Waals surface area contributed by atoms with Crippen molar-refractivity contribution < 1.29 is 9.18 Å². The van der Waals surface area contributed by atoms with Gasteiger partial charge in [0.25, 0.3) is 0 Å². The Morgan fingerprint density at radius 3 is 2.00 bits per heavy atom. The normalized spacial score (nSPS) is 12.3. The predicted molar refractivity (Wildman–Crippen MR) is 98.2 cm³/mol. The average molecular weight is 321 g/mol. The highest BCUT2D eigenvalue weighted by atomic mass is 19.1. The number of carbonyl (C=O) groups is 1. The van der Waals surface area contributed by atoms with Gasteiger partial charge in [-0.05, 0) is 32.1 Å². The lowest BCUT2D eigenvalue weighted by Gasteiger charge is -1.97. The fraction of sp³-hybridized carbons (Fsp3) is 0.550. The van der Waals surface area contributed by atoms with Gasteiger partial charge in [-0.15, -0.1) is 0 Å². The first kappa shape index (κ1) is 21.4. The molecule has 0 aromatic heterocycles. The van der Waals surface area contributed by atoms with Crippen LogP contribution in [0, 0.1) is 0 Å². The zero-order valence-electron chi connectivity index (χ0n) is 14.5. The molecule has 0 aromatic carbocycles. The van der Waals surface area contributed by atoms with Gasteiger partial charge in [-0.25, -0.2) is 4.39 Å². The third-order valence-corrected chi connectivity index (χ3v) is 3.18. The molecule has 0 aromatic rings. The van der Waals surface area contributed by atoms with E-state index in [9.17, 15) is 9.18 Å². The van der Waals surface area contributed by atoms with Crippen LogP contribution in [0.2, 0.25) is 0 Å². The van der Waals surface area contributed by atoms with Crippen molar-refractivity contribution >= 4 is 5.91 Å². The fourth-order valence-corrected chi connectivity index (χ4v) is 1.89. The van der Waals surface area contributed by atoms with E-state index >= 15 is 0 Å². The van der Waals surface area contributed by atoms with Gasteiger partial charge in [0.05, 0.1) is 0 Å². The smallest absolute Gasteiger partial charge is 0.223 e. The number of allylic oxidation sites excluding steroid dienone is 7. The van der Waals surface area contributed by atoms with Crippen molar-refractivity contribution in [3.63, 3.8) is 0 Å². The molecular formula is C20H32FNO. The fourth-order valence-electron chi connectivity index (χ4n) is 1.89. The number of hydrogen-bond donors (Lipinski definition) is 1. The van der Waals surface area contributed by atoms with Crippen molar-refractivity contribution in [1.29, 1.82) is 0 Å². The van der Waals surface area contributed by atoms with Gasteiger partial charge in [0.15, 0.2) is 0 Å². The molecule has 1 N–H and O–H groups in total. The molecule has 0 rings (SSSR count). The summed E-state index contributed by atoms with van der Waals surface area (Å²) in [4.78, 5) is 11.2. The second-order valence-corrected chi connectivity index (χ2v) is 5.33. The minimum absolute atomic E-state index is 0.104. The van der Waals surface area contributed by atoms with E-state index in [-0.39, 0.29) is 12.5 Å². The lowest BCUT2D eigenvalue weighted by atomic mass is 10.2. The van der Waals surface area contributed by atoms with Crippen LogP contribution < -0.4 is 5.32 Å². The Morgan fingerprint density at radius 1 is 0.870 bits per heavy atom. The monoisotopic (exact) mass is 321 g/mol. The van der Waals surface area contributed by atoms with Crippen molar-refractivity contribution in [2.24, 2.45) is 0 Å². The molecular weight excluding hydrogens is 289 g/mol. The molecule has 0 bridgehead atoms. The Morgan fingerprint density at radius 2 is 1.43 bits per heavy atom. The highest BCUT2D eigenvalue weighted by Gasteiger charge is 1.94. The summed E-state index contributed by atoms with van der Waals surface area (Å²) < 4.78 is 11.8. The van der Waals surface area contributed by atoms with Gasteiger partial charge in [-0.3, -0.25) is 4.79 Å². The molecule has 0 fully saturated rings. The maximum atomic E-state index is 11.8. The van der Waals surface area contributed by atoms with E-state index < -0.39 is 6.67 Å². The minimum Gasteiger partial charge on any atom is -0.353 e. The number of nitrogens with one attached hydrogen (secondary N) is 1. The van der Waals surface area contributed by atoms with Crippen LogP contribution in [0.4, 0.5) is 4.39 Å². The summed E-state index contributed by atoms with van der Waals surface area (Å²) in [6, 6.07) is 0. The molecule has 0 saturated carbocycles. The van der Waals surface area contributed by atoms with Gasteiger partial charge in [-0.1, -0.05) is 68.4 Å². The Kier molecular flexibility index (Phi) is 17.1. The van der Waals surface area contributed by atoms with E-state index in [1.54, 1.807) is 0 Å². The quantitative estimate of drug-likeness (QED) is 0.335. The highest BCUT2D eigenvalue weighted by Crippen LogP contribution is 2.00. The molecule has 0 spiro atoms. The van der Waals surface area contributed by atoms with Gasteiger partial charge >= 0.3 is 0 Å². The second-order valence-electron chi connectivity index (χ2n) is 5.33. The van der Waals surface area contributed by atoms with Gasteiger partial charge in [0, 0.05) is 13.0 Å². The molecule has 0 saturated heterocycles. The zero-order chi connectivity index (χ0) is 17.0. The first-order valence-corrected chi connectivity index (χ1v) is 8.73. The number of alkyl halides is 1. The second kappa shape index (κ2) is 18.4. The van der Waals surface area contributed by atoms with Crippen LogP contribution in [0.3, 0.4) is 0 Å². The Labute approximate surface area is 141 Å². The summed E-state index contributed by atoms with van der Waals surface area (Å²) in [5.74, 6) is -0.131. The number of amides is 1. The topological polar surface area (TPSA) is 29.1 Å². The summed E-state index contributed by atoms with van der Waals surface area (Å²) in [6.07, 6.45) is 25.0. The van der Waals surface area contributed by atoms with Crippen molar-refractivity contribution in [2.75, 3.05) is 13.2 Å². The molecule has 0 aliphatic carbocycles. The van der Waals surface area contributed by atoms with E-state index in [4.69, 9.17) is 0 Å². The van der Waals surface area contributed by atoms with E-state index in [1.165, 1.54) is 25.7 Å². The molecule has 3 heteroatoms. The molecule has 1 amide bonds. The Bertz CT molecular complexity index is 383. The molecule has 0 radical (unpaired) electrons. The van der Waals surface area contributed by atoms with Crippen LogP contribution in [0.15, 0.2) is 48.6 Å². The van der Waals surface area contributed by atoms with E-state index in [1.807, 2.05) is 12.2 Å². The SMILES string of the molecule is CCCCCC=CCC=CCC=CCC=CCC(=O)NCCF. The number of hydrogen-bond acceptors (Lipinski definition) is 1. The maximum absolute atomic E-state index is 11.8. The first-order valence-electron chi connectivity index (χ1n) is 8.73. The van der Waals surface area contributed by atoms with Crippen LogP contribution >= 0.6 is 0 Å². The Balaban J connectivity index is 3.49. The van der Waals surface area contributed by atoms with Crippen molar-refractivity contribution in [2.45, 2.75) is 58.3 Å². The number of unbranched alkanes of at least 4 members (excludes halogenated alkanes) is 3. The van der Waals surface area contributed by atoms with Crippen LogP contribution in [-0.2, 0) is 4.79 Å². The summed E-state index contributed by atoms with van der Waals surface area (Å²) in [6.45, 7) is 1.81. The Hall–Kier alpha value is -1.64. The zero-order valence-corrected chi connectivity index (χ0v) is 14.5. The summed E-state index contributed by atoms with van der Waals surface area (Å²) in [5, 5.41) is 2.48. The summed E-state index contributed by atoms with van der Waals surface area (Å²) >= 11 is 0. The maximum Gasteiger partial charge on any atom is 0.223 e. The standard InChI is InChI=1S/C20H32FNO/c1-2-3-4-5-6-7-8-9-10-11-12-13-14-15-16-17-20(23)22-19-18-21/h6-7,9-10,12-13,15-16H,2-5,8,11,14,17-19H2,1H3,(H,22,23). The third kappa shape index (κ3) is 18.3. The van der Waals surface area contributed by atoms with Gasteiger partial charge in [0.1, 0.15) is 6.67 Å². The van der Waals surface area contributed by atoms with Crippen LogP contribution in [0.5, 0.6) is 0 Å². The van der Waals surface area contributed by atoms with E-state index in [0.29, 0.717) is 6.42 Å². The molecule has 130 valence electrons. The van der Waals surface area contributed by atoms with Gasteiger partial charge in [0.2, 0.25) is 5.91 Å². The number of carbonyl (C=O) groups excluding carboxylic acids is 1. The lowest BCUT2D eigenvalue weighted by molar-refractivity contribution is -0.120. The molecule has 0 heterocycles. The molecule has 0 aliphatic rings. The summed E-state index contributed by atoms with van der Waals surface area (Å²) in [5.41, 5.74) is 0. The molecule has 0 unspecified atom stereocenters. The van der Waals surface area contributed by atoms with Crippen LogP contribution in [-0.4, -0.2) is 19.1 Å². The van der Waals surface area contributed by atoms with E-state index in [0.717, 1.165) is 19.3 Å². The number of rotatable bonds is 14. The van der Waals surface area contributed by atoms with Crippen LogP contribution in [0.1, 0.15) is 58.3 Å². The molecule has 0 atom stereocenters. The summed E-state index contributed by atoms with van der Waals surface area (Å²) in [7, 11) is 0. The first-order chi connectivity index (χ1) is 11.3. The minimum atomic E-state index is -0.514. The third-order valence-electron chi connectivity index (χ3n) is 3.18. The number of halogens is 1. The van der Waals surface area contributed by atoms with Gasteiger partial charge < -0.3 is 5.32 Å². The van der Waals surface area contributed by atoms with Crippen molar-refractivity contribution in [3.8, 4) is 0 Å². The van der Waals surface area contributed by atoms with Crippen molar-refractivity contribution in [3.05, 3.63) is 48.6 Å².